The van der Waals surface area contributed by atoms with Crippen LogP contribution in [0.25, 0.3) is 10.9 Å². The molecule has 1 fully saturated rings. The van der Waals surface area contributed by atoms with Gasteiger partial charge in [0.1, 0.15) is 0 Å². The molecular weight excluding hydrogens is 340 g/mol. The molecule has 0 atom stereocenters. The van der Waals surface area contributed by atoms with Crippen molar-refractivity contribution in [2.45, 2.75) is 18.3 Å². The van der Waals surface area contributed by atoms with Crippen LogP contribution < -0.4 is 11.1 Å². The highest BCUT2D eigenvalue weighted by Gasteiger charge is 2.51. The van der Waals surface area contributed by atoms with E-state index in [9.17, 15) is 9.59 Å². The zero-order valence-electron chi connectivity index (χ0n) is 13.2. The Labute approximate surface area is 148 Å². The highest BCUT2D eigenvalue weighted by molar-refractivity contribution is 6.30. The molecule has 126 valence electrons. The fraction of sp³-hybridized carbons (Fsp3) is 0.167. The number of hydrogen-bond donors (Lipinski definition) is 3. The van der Waals surface area contributed by atoms with Crippen LogP contribution in [-0.4, -0.2) is 22.0 Å². The molecule has 0 radical (unpaired) electrons. The van der Waals surface area contributed by atoms with Crippen molar-refractivity contribution in [3.05, 3.63) is 58.7 Å². The summed E-state index contributed by atoms with van der Waals surface area (Å²) in [6.07, 6.45) is 1.55. The molecule has 0 aliphatic heterocycles. The summed E-state index contributed by atoms with van der Waals surface area (Å²) in [5.74, 6) is -0.703. The van der Waals surface area contributed by atoms with E-state index in [1.54, 1.807) is 24.3 Å². The molecular formula is C18H15ClN4O2. The summed E-state index contributed by atoms with van der Waals surface area (Å²) in [5, 5.41) is 10.8. The van der Waals surface area contributed by atoms with E-state index < -0.39 is 11.3 Å². The number of benzene rings is 2. The van der Waals surface area contributed by atoms with Crippen LogP contribution >= 0.6 is 11.6 Å². The lowest BCUT2D eigenvalue weighted by Gasteiger charge is -2.16. The summed E-state index contributed by atoms with van der Waals surface area (Å²) in [6, 6.07) is 12.6. The number of hydrogen-bond acceptors (Lipinski definition) is 3. The fourth-order valence-corrected chi connectivity index (χ4v) is 3.28. The number of nitrogens with two attached hydrogens (primary N) is 1. The number of nitrogens with one attached hydrogen (secondary N) is 2. The largest absolute Gasteiger partial charge is 0.364 e. The molecule has 0 spiro atoms. The number of nitrogens with zero attached hydrogens (tertiary/aromatic N) is 1. The molecule has 4 rings (SSSR count). The van der Waals surface area contributed by atoms with Gasteiger partial charge in [-0.2, -0.15) is 5.10 Å². The second kappa shape index (κ2) is 5.60. The molecule has 1 saturated carbocycles. The Balaban J connectivity index is 1.64. The smallest absolute Gasteiger partial charge is 0.269 e. The normalized spacial score (nSPS) is 15.1. The summed E-state index contributed by atoms with van der Waals surface area (Å²) in [4.78, 5) is 24.3. The minimum Gasteiger partial charge on any atom is -0.364 e. The highest BCUT2D eigenvalue weighted by atomic mass is 35.5. The molecule has 0 bridgehead atoms. The van der Waals surface area contributed by atoms with Gasteiger partial charge in [-0.15, -0.1) is 0 Å². The quantitative estimate of drug-likeness (QED) is 0.671. The molecule has 25 heavy (non-hydrogen) atoms. The Bertz CT molecular complexity index is 1010. The van der Waals surface area contributed by atoms with Crippen molar-refractivity contribution in [1.82, 2.24) is 10.2 Å². The summed E-state index contributed by atoms with van der Waals surface area (Å²) in [5.41, 5.74) is 7.13. The first-order chi connectivity index (χ1) is 12.0. The monoisotopic (exact) mass is 354 g/mol. The number of rotatable bonds is 4. The molecule has 7 heteroatoms. The average Bonchev–Trinajstić information content (AvgIpc) is 3.29. The van der Waals surface area contributed by atoms with Crippen LogP contribution in [0.2, 0.25) is 5.02 Å². The molecule has 1 aromatic heterocycles. The number of carbonyl (C=O) groups excluding carboxylic acids is 2. The molecule has 1 heterocycles. The standard InChI is InChI=1S/C18H15ClN4O2/c19-11-3-1-2-10(8-11)18(6-7-18)17(25)21-12-4-5-14-13(9-12)15(16(20)24)23-22-14/h1-5,8-9H,6-7H2,(H2,20,24)(H,21,25)(H,22,23). The second-order valence-corrected chi connectivity index (χ2v) is 6.68. The van der Waals surface area contributed by atoms with Gasteiger partial charge in [0.2, 0.25) is 5.91 Å². The third kappa shape index (κ3) is 2.64. The van der Waals surface area contributed by atoms with Crippen molar-refractivity contribution in [3.63, 3.8) is 0 Å². The number of H-pyrrole nitrogens is 1. The number of aromatic amines is 1. The van der Waals surface area contributed by atoms with Crippen molar-refractivity contribution in [1.29, 1.82) is 0 Å². The van der Waals surface area contributed by atoms with Crippen LogP contribution in [-0.2, 0) is 10.2 Å². The molecule has 6 nitrogen and oxygen atoms in total. The fourth-order valence-electron chi connectivity index (χ4n) is 3.09. The van der Waals surface area contributed by atoms with Crippen molar-refractivity contribution >= 4 is 40.0 Å². The van der Waals surface area contributed by atoms with E-state index in [0.717, 1.165) is 18.4 Å². The third-order valence-corrected chi connectivity index (χ3v) is 4.85. The molecule has 1 aliphatic rings. The minimum absolute atomic E-state index is 0.0850. The topological polar surface area (TPSA) is 101 Å². The van der Waals surface area contributed by atoms with Gasteiger partial charge in [0, 0.05) is 16.1 Å². The van der Waals surface area contributed by atoms with Gasteiger partial charge < -0.3 is 11.1 Å². The first-order valence-electron chi connectivity index (χ1n) is 7.85. The van der Waals surface area contributed by atoms with Gasteiger partial charge in [-0.25, -0.2) is 0 Å². The van der Waals surface area contributed by atoms with E-state index in [0.29, 0.717) is 21.6 Å². The lowest BCUT2D eigenvalue weighted by molar-refractivity contribution is -0.118. The molecule has 4 N–H and O–H groups in total. The van der Waals surface area contributed by atoms with Gasteiger partial charge in [0.15, 0.2) is 5.69 Å². The Hall–Kier alpha value is -2.86. The first kappa shape index (κ1) is 15.7. The summed E-state index contributed by atoms with van der Waals surface area (Å²) < 4.78 is 0. The van der Waals surface area contributed by atoms with E-state index in [4.69, 9.17) is 17.3 Å². The van der Waals surface area contributed by atoms with Gasteiger partial charge in [-0.3, -0.25) is 14.7 Å². The van der Waals surface area contributed by atoms with Crippen molar-refractivity contribution in [2.24, 2.45) is 5.73 Å². The molecule has 2 amide bonds. The van der Waals surface area contributed by atoms with Crippen LogP contribution in [0.4, 0.5) is 5.69 Å². The number of fused-ring (bicyclic) bond motifs is 1. The first-order valence-corrected chi connectivity index (χ1v) is 8.23. The van der Waals surface area contributed by atoms with Gasteiger partial charge >= 0.3 is 0 Å². The van der Waals surface area contributed by atoms with Crippen molar-refractivity contribution < 1.29 is 9.59 Å². The average molecular weight is 355 g/mol. The summed E-state index contributed by atoms with van der Waals surface area (Å²) >= 11 is 6.06. The Kier molecular flexibility index (Phi) is 3.51. The van der Waals surface area contributed by atoms with Crippen LogP contribution in [0.5, 0.6) is 0 Å². The predicted molar refractivity (Wildman–Crippen MR) is 95.6 cm³/mol. The number of carbonyl (C=O) groups is 2. The van der Waals surface area contributed by atoms with Crippen LogP contribution in [0.1, 0.15) is 28.9 Å². The van der Waals surface area contributed by atoms with E-state index in [2.05, 4.69) is 15.5 Å². The minimum atomic E-state index is -0.618. The van der Waals surface area contributed by atoms with Crippen LogP contribution in [0, 0.1) is 0 Å². The Morgan fingerprint density at radius 3 is 2.68 bits per heavy atom. The molecule has 0 saturated heterocycles. The zero-order chi connectivity index (χ0) is 17.6. The summed E-state index contributed by atoms with van der Waals surface area (Å²) in [7, 11) is 0. The number of anilines is 1. The second-order valence-electron chi connectivity index (χ2n) is 6.24. The summed E-state index contributed by atoms with van der Waals surface area (Å²) in [6.45, 7) is 0. The van der Waals surface area contributed by atoms with Crippen LogP contribution in [0.3, 0.4) is 0 Å². The number of primary amides is 1. The van der Waals surface area contributed by atoms with Gasteiger partial charge in [0.05, 0.1) is 10.9 Å². The lowest BCUT2D eigenvalue weighted by Crippen LogP contribution is -2.27. The maximum atomic E-state index is 12.8. The molecule has 0 unspecified atom stereocenters. The van der Waals surface area contributed by atoms with E-state index in [1.807, 2.05) is 18.2 Å². The number of amides is 2. The van der Waals surface area contributed by atoms with Crippen LogP contribution in [0.15, 0.2) is 42.5 Å². The Morgan fingerprint density at radius 1 is 1.20 bits per heavy atom. The van der Waals surface area contributed by atoms with E-state index in [-0.39, 0.29) is 11.6 Å². The van der Waals surface area contributed by atoms with Crippen molar-refractivity contribution in [3.8, 4) is 0 Å². The Morgan fingerprint density at radius 2 is 2.00 bits per heavy atom. The number of aromatic nitrogens is 2. The highest BCUT2D eigenvalue weighted by Crippen LogP contribution is 2.49. The lowest BCUT2D eigenvalue weighted by atomic mass is 9.95. The number of halogens is 1. The van der Waals surface area contributed by atoms with Gasteiger partial charge in [-0.05, 0) is 48.7 Å². The van der Waals surface area contributed by atoms with Gasteiger partial charge in [0.25, 0.3) is 5.91 Å². The third-order valence-electron chi connectivity index (χ3n) is 4.62. The molecule has 2 aromatic carbocycles. The molecule has 3 aromatic rings. The van der Waals surface area contributed by atoms with Gasteiger partial charge in [-0.1, -0.05) is 23.7 Å². The van der Waals surface area contributed by atoms with E-state index >= 15 is 0 Å². The van der Waals surface area contributed by atoms with Crippen molar-refractivity contribution in [2.75, 3.05) is 5.32 Å². The SMILES string of the molecule is NC(=O)c1n[nH]c2ccc(NC(=O)C3(c4cccc(Cl)c4)CC3)cc12. The molecule has 1 aliphatic carbocycles. The maximum Gasteiger partial charge on any atom is 0.269 e. The predicted octanol–water partition coefficient (Wildman–Crippen LogP) is 2.99. The van der Waals surface area contributed by atoms with E-state index in [1.165, 1.54) is 0 Å². The maximum absolute atomic E-state index is 12.8. The zero-order valence-corrected chi connectivity index (χ0v) is 13.9.